The van der Waals surface area contributed by atoms with Gasteiger partial charge in [-0.1, -0.05) is 30.3 Å². The summed E-state index contributed by atoms with van der Waals surface area (Å²) in [6.07, 6.45) is 3.66. The summed E-state index contributed by atoms with van der Waals surface area (Å²) >= 11 is 0. The predicted octanol–water partition coefficient (Wildman–Crippen LogP) is 0.178. The Kier molecular flexibility index (Phi) is 3.84. The molecule has 0 aromatic heterocycles. The van der Waals surface area contributed by atoms with Crippen LogP contribution in [-0.4, -0.2) is 28.7 Å². The molecule has 3 N–H and O–H groups in total. The first-order chi connectivity index (χ1) is 14.4. The van der Waals surface area contributed by atoms with Crippen LogP contribution < -0.4 is 15.5 Å². The second kappa shape index (κ2) is 6.33. The van der Waals surface area contributed by atoms with Crippen LogP contribution in [0.25, 0.3) is 6.08 Å². The van der Waals surface area contributed by atoms with E-state index in [2.05, 4.69) is 0 Å². The van der Waals surface area contributed by atoms with E-state index in [1.807, 2.05) is 30.3 Å². The number of nitrogens with two attached hydrogens (primary N) is 1. The van der Waals surface area contributed by atoms with Gasteiger partial charge in [-0.05, 0) is 17.7 Å². The standard InChI is InChI=1S/C21H16N4O5/c22-19(26)18-16-15(17-14-7-2-1-4-11(14)8-9-23(17)18)20(27)24(21(16)28)12-5-3-6-13(10-12)25(29)30/h1-10,15-18H,(H2,22,26)/p+1/t15-,16+,17-,18-/m0/s1. The number of nitrogens with one attached hydrogen (secondary N) is 1. The fraction of sp³-hybridized carbons (Fsp3) is 0.190. The number of nitrogens with zero attached hydrogens (tertiary/aromatic N) is 2. The number of hydrogen-bond acceptors (Lipinski definition) is 5. The Morgan fingerprint density at radius 1 is 1.07 bits per heavy atom. The third-order valence-corrected chi connectivity index (χ3v) is 6.23. The minimum absolute atomic E-state index is 0.123. The van der Waals surface area contributed by atoms with E-state index in [0.29, 0.717) is 4.90 Å². The van der Waals surface area contributed by atoms with Crippen LogP contribution in [0.5, 0.6) is 0 Å². The third kappa shape index (κ3) is 2.35. The number of imide groups is 1. The number of primary amides is 1. The first-order valence-corrected chi connectivity index (χ1v) is 9.45. The summed E-state index contributed by atoms with van der Waals surface area (Å²) in [6.45, 7) is 0. The highest BCUT2D eigenvalue weighted by atomic mass is 16.6. The number of non-ortho nitro benzene ring substituents is 1. The number of quaternary nitrogens is 1. The Morgan fingerprint density at radius 3 is 2.53 bits per heavy atom. The van der Waals surface area contributed by atoms with Crippen molar-refractivity contribution in [2.24, 2.45) is 17.6 Å². The maximum atomic E-state index is 13.5. The van der Waals surface area contributed by atoms with Crippen molar-refractivity contribution < 1.29 is 24.2 Å². The number of benzene rings is 2. The first-order valence-electron chi connectivity index (χ1n) is 9.45. The molecule has 3 heterocycles. The van der Waals surface area contributed by atoms with Gasteiger partial charge in [0, 0.05) is 17.7 Å². The van der Waals surface area contributed by atoms with Crippen LogP contribution >= 0.6 is 0 Å². The molecule has 0 bridgehead atoms. The molecule has 3 amide bonds. The van der Waals surface area contributed by atoms with Crippen molar-refractivity contribution in [1.29, 1.82) is 0 Å². The van der Waals surface area contributed by atoms with Crippen molar-refractivity contribution in [3.63, 3.8) is 0 Å². The van der Waals surface area contributed by atoms with Crippen LogP contribution in [0.15, 0.2) is 54.7 Å². The van der Waals surface area contributed by atoms with E-state index in [1.165, 1.54) is 24.3 Å². The first kappa shape index (κ1) is 18.2. The zero-order chi connectivity index (χ0) is 21.2. The number of hydrogen-bond donors (Lipinski definition) is 2. The van der Waals surface area contributed by atoms with Crippen LogP contribution in [-0.2, 0) is 14.4 Å². The number of carbonyl (C=O) groups excluding carboxylic acids is 3. The Labute approximate surface area is 170 Å². The van der Waals surface area contributed by atoms with Gasteiger partial charge in [0.1, 0.15) is 17.9 Å². The zero-order valence-electron chi connectivity index (χ0n) is 15.6. The van der Waals surface area contributed by atoms with Gasteiger partial charge >= 0.3 is 0 Å². The smallest absolute Gasteiger partial charge is 0.277 e. The van der Waals surface area contributed by atoms with E-state index < -0.39 is 46.6 Å². The quantitative estimate of drug-likeness (QED) is 0.428. The van der Waals surface area contributed by atoms with Crippen molar-refractivity contribution in [2.45, 2.75) is 12.1 Å². The Balaban J connectivity index is 1.64. The van der Waals surface area contributed by atoms with E-state index in [-0.39, 0.29) is 11.4 Å². The number of rotatable bonds is 3. The normalized spacial score (nSPS) is 28.8. The highest BCUT2D eigenvalue weighted by Crippen LogP contribution is 2.44. The summed E-state index contributed by atoms with van der Waals surface area (Å²) in [4.78, 5) is 51.3. The summed E-state index contributed by atoms with van der Waals surface area (Å²) in [6, 6.07) is 11.6. The minimum Gasteiger partial charge on any atom is -0.364 e. The van der Waals surface area contributed by atoms with Gasteiger partial charge in [0.05, 0.1) is 16.8 Å². The van der Waals surface area contributed by atoms with Crippen molar-refractivity contribution in [3.05, 3.63) is 76.0 Å². The monoisotopic (exact) mass is 405 g/mol. The summed E-state index contributed by atoms with van der Waals surface area (Å²) in [5.41, 5.74) is 7.36. The van der Waals surface area contributed by atoms with Gasteiger partial charge in [-0.3, -0.25) is 29.4 Å². The Bertz CT molecular complexity index is 1160. The summed E-state index contributed by atoms with van der Waals surface area (Å²) in [7, 11) is 0. The number of fused-ring (bicyclic) bond motifs is 5. The summed E-state index contributed by atoms with van der Waals surface area (Å²) in [5.74, 6) is -3.39. The number of anilines is 1. The summed E-state index contributed by atoms with van der Waals surface area (Å²) in [5, 5.41) is 11.1. The lowest BCUT2D eigenvalue weighted by atomic mass is 9.84. The molecular formula is C21H17N4O5+. The number of amides is 3. The van der Waals surface area contributed by atoms with Crippen LogP contribution in [0.3, 0.4) is 0 Å². The second-order valence-corrected chi connectivity index (χ2v) is 7.66. The van der Waals surface area contributed by atoms with Crippen molar-refractivity contribution in [3.8, 4) is 0 Å². The Morgan fingerprint density at radius 2 is 1.80 bits per heavy atom. The Hall–Kier alpha value is -3.85. The van der Waals surface area contributed by atoms with Crippen molar-refractivity contribution >= 4 is 35.2 Å². The SMILES string of the molecule is NC(=O)[C@@H]1[C@@H]2C(=O)N(c3cccc([N+](=O)[O-])c3)C(=O)[C@@H]2[C@@H]2c3ccccc3C=C[NH+]12. The van der Waals surface area contributed by atoms with Gasteiger partial charge in [-0.2, -0.15) is 0 Å². The van der Waals surface area contributed by atoms with Crippen LogP contribution in [0.4, 0.5) is 11.4 Å². The van der Waals surface area contributed by atoms with E-state index in [9.17, 15) is 24.5 Å². The van der Waals surface area contributed by atoms with E-state index in [4.69, 9.17) is 5.73 Å². The third-order valence-electron chi connectivity index (χ3n) is 6.23. The minimum atomic E-state index is -0.926. The molecule has 30 heavy (non-hydrogen) atoms. The molecule has 5 atom stereocenters. The molecule has 0 radical (unpaired) electrons. The average Bonchev–Trinajstić information content (AvgIpc) is 3.21. The highest BCUT2D eigenvalue weighted by Gasteiger charge is 2.68. The van der Waals surface area contributed by atoms with Gasteiger partial charge in [0.2, 0.25) is 11.8 Å². The van der Waals surface area contributed by atoms with Crippen LogP contribution in [0.2, 0.25) is 0 Å². The highest BCUT2D eigenvalue weighted by molar-refractivity contribution is 6.23. The van der Waals surface area contributed by atoms with Crippen molar-refractivity contribution in [1.82, 2.24) is 0 Å². The molecule has 2 aromatic rings. The lowest BCUT2D eigenvalue weighted by molar-refractivity contribution is -0.884. The fourth-order valence-electron chi connectivity index (χ4n) is 5.08. The molecule has 9 nitrogen and oxygen atoms in total. The molecule has 0 saturated carbocycles. The van der Waals surface area contributed by atoms with E-state index >= 15 is 0 Å². The maximum absolute atomic E-state index is 13.5. The number of nitro groups is 1. The van der Waals surface area contributed by atoms with Gasteiger partial charge in [-0.25, -0.2) is 4.90 Å². The van der Waals surface area contributed by atoms with Gasteiger partial charge in [0.15, 0.2) is 6.04 Å². The predicted molar refractivity (Wildman–Crippen MR) is 105 cm³/mol. The maximum Gasteiger partial charge on any atom is 0.277 e. The fourth-order valence-corrected chi connectivity index (χ4v) is 5.08. The van der Waals surface area contributed by atoms with Crippen LogP contribution in [0, 0.1) is 22.0 Å². The largest absolute Gasteiger partial charge is 0.364 e. The molecule has 0 spiro atoms. The molecule has 3 aliphatic rings. The number of nitro benzene ring substituents is 1. The molecule has 0 aliphatic carbocycles. The van der Waals surface area contributed by atoms with Gasteiger partial charge in [0.25, 0.3) is 11.6 Å². The van der Waals surface area contributed by atoms with Gasteiger partial charge in [-0.15, -0.1) is 0 Å². The topological polar surface area (TPSA) is 128 Å². The van der Waals surface area contributed by atoms with Gasteiger partial charge < -0.3 is 5.73 Å². The van der Waals surface area contributed by atoms with E-state index in [0.717, 1.165) is 16.0 Å². The summed E-state index contributed by atoms with van der Waals surface area (Å²) < 4.78 is 0. The lowest BCUT2D eigenvalue weighted by Gasteiger charge is -2.29. The molecule has 9 heteroatoms. The van der Waals surface area contributed by atoms with E-state index in [1.54, 1.807) is 6.20 Å². The molecule has 1 unspecified atom stereocenters. The molecule has 2 saturated heterocycles. The lowest BCUT2D eigenvalue weighted by Crippen LogP contribution is -3.12. The molecular weight excluding hydrogens is 388 g/mol. The van der Waals surface area contributed by atoms with Crippen LogP contribution in [0.1, 0.15) is 17.2 Å². The molecule has 3 aliphatic heterocycles. The molecule has 150 valence electrons. The zero-order valence-corrected chi connectivity index (χ0v) is 15.6. The molecule has 2 fully saturated rings. The van der Waals surface area contributed by atoms with Crippen molar-refractivity contribution in [2.75, 3.05) is 4.90 Å². The number of carbonyl (C=O) groups is 3. The second-order valence-electron chi connectivity index (χ2n) is 7.66. The molecule has 5 rings (SSSR count). The molecule has 2 aromatic carbocycles. The average molecular weight is 405 g/mol.